The predicted molar refractivity (Wildman–Crippen MR) is 112 cm³/mol. The van der Waals surface area contributed by atoms with Gasteiger partial charge >= 0.3 is 6.09 Å². The molecule has 3 N–H and O–H groups in total. The van der Waals surface area contributed by atoms with Crippen molar-refractivity contribution in [3.63, 3.8) is 0 Å². The Balaban J connectivity index is 2.53. The Labute approximate surface area is 179 Å². The molecule has 0 aliphatic carbocycles. The van der Waals surface area contributed by atoms with Crippen LogP contribution in [0.5, 0.6) is 5.88 Å². The van der Waals surface area contributed by atoms with Gasteiger partial charge in [-0.1, -0.05) is 6.92 Å². The number of benzene rings is 1. The van der Waals surface area contributed by atoms with Crippen LogP contribution in [0.3, 0.4) is 0 Å². The minimum Gasteiger partial charge on any atom is -0.481 e. The zero-order chi connectivity index (χ0) is 23.3. The molecule has 0 fully saturated rings. The van der Waals surface area contributed by atoms with E-state index in [-0.39, 0.29) is 29.5 Å². The molecule has 1 atom stereocenters. The van der Waals surface area contributed by atoms with E-state index in [1.807, 2.05) is 0 Å². The molecule has 0 aliphatic heterocycles. The number of nitrogens with one attached hydrogen (secondary N) is 1. The average Bonchev–Trinajstić information content (AvgIpc) is 2.65. The molecule has 10 heteroatoms. The molecule has 0 unspecified atom stereocenters. The molecule has 0 bridgehead atoms. The van der Waals surface area contributed by atoms with Gasteiger partial charge in [0.1, 0.15) is 23.3 Å². The number of carbonyl (C=O) groups is 2. The third kappa shape index (κ3) is 6.27. The van der Waals surface area contributed by atoms with Crippen molar-refractivity contribution in [3.05, 3.63) is 42.0 Å². The normalized spacial score (nSPS) is 12.1. The maximum Gasteiger partial charge on any atom is 0.408 e. The van der Waals surface area contributed by atoms with Gasteiger partial charge in [-0.25, -0.2) is 13.6 Å². The maximum atomic E-state index is 13.9. The number of aromatic nitrogens is 1. The Morgan fingerprint density at radius 2 is 1.81 bits per heavy atom. The average molecular weight is 436 g/mol. The monoisotopic (exact) mass is 436 g/mol. The summed E-state index contributed by atoms with van der Waals surface area (Å²) < 4.78 is 38.2. The fourth-order valence-corrected chi connectivity index (χ4v) is 2.70. The van der Waals surface area contributed by atoms with Crippen LogP contribution in [-0.4, -0.2) is 35.7 Å². The Hall–Kier alpha value is -3.43. The number of nitrogen functional groups attached to an aromatic ring is 1. The molecule has 31 heavy (non-hydrogen) atoms. The molecular weight excluding hydrogens is 410 g/mol. The van der Waals surface area contributed by atoms with Crippen molar-refractivity contribution in [2.75, 3.05) is 17.7 Å². The summed E-state index contributed by atoms with van der Waals surface area (Å²) in [5, 5.41) is 2.48. The first kappa shape index (κ1) is 23.8. The highest BCUT2D eigenvalue weighted by molar-refractivity contribution is 6.05. The van der Waals surface area contributed by atoms with Crippen LogP contribution in [-0.2, 0) is 9.53 Å². The number of rotatable bonds is 6. The number of nitrogens with zero attached hydrogens (tertiary/aromatic N) is 2. The molecule has 2 amide bonds. The van der Waals surface area contributed by atoms with Gasteiger partial charge in [0, 0.05) is 12.1 Å². The zero-order valence-electron chi connectivity index (χ0n) is 18.0. The van der Waals surface area contributed by atoms with Gasteiger partial charge in [0.25, 0.3) is 5.91 Å². The van der Waals surface area contributed by atoms with Gasteiger partial charge in [0.05, 0.1) is 18.5 Å². The first-order valence-corrected chi connectivity index (χ1v) is 9.55. The Kier molecular flexibility index (Phi) is 7.37. The van der Waals surface area contributed by atoms with Crippen molar-refractivity contribution in [2.24, 2.45) is 0 Å². The fourth-order valence-electron chi connectivity index (χ4n) is 2.70. The number of carbonyl (C=O) groups excluding carboxylic acids is 2. The highest BCUT2D eigenvalue weighted by atomic mass is 19.1. The third-order valence-electron chi connectivity index (χ3n) is 4.02. The number of pyridine rings is 1. The minimum atomic E-state index is -1.09. The second kappa shape index (κ2) is 9.59. The van der Waals surface area contributed by atoms with Crippen LogP contribution in [0.25, 0.3) is 0 Å². The van der Waals surface area contributed by atoms with Crippen molar-refractivity contribution in [2.45, 2.75) is 45.8 Å². The smallest absolute Gasteiger partial charge is 0.408 e. The molecule has 0 aliphatic rings. The van der Waals surface area contributed by atoms with E-state index in [1.165, 1.54) is 19.2 Å². The van der Waals surface area contributed by atoms with E-state index in [0.29, 0.717) is 6.07 Å². The van der Waals surface area contributed by atoms with Gasteiger partial charge < -0.3 is 20.5 Å². The van der Waals surface area contributed by atoms with Crippen molar-refractivity contribution in [1.82, 2.24) is 10.3 Å². The molecule has 1 aromatic heterocycles. The van der Waals surface area contributed by atoms with Crippen LogP contribution in [0.4, 0.5) is 30.8 Å². The number of hydrogen-bond donors (Lipinski definition) is 2. The lowest BCUT2D eigenvalue weighted by atomic mass is 10.1. The number of ether oxygens (including phenoxy) is 2. The number of hydrogen-bond acceptors (Lipinski definition) is 6. The summed E-state index contributed by atoms with van der Waals surface area (Å²) in [5.74, 6) is -2.48. The Morgan fingerprint density at radius 1 is 1.19 bits per heavy atom. The molecule has 0 radical (unpaired) electrons. The first-order valence-electron chi connectivity index (χ1n) is 9.55. The molecule has 168 valence electrons. The minimum absolute atomic E-state index is 0.0611. The molecule has 8 nitrogen and oxygen atoms in total. The van der Waals surface area contributed by atoms with E-state index in [9.17, 15) is 18.4 Å². The predicted octanol–water partition coefficient (Wildman–Crippen LogP) is 3.92. The number of nitrogens with two attached hydrogens (primary N) is 1. The molecule has 0 saturated heterocycles. The van der Waals surface area contributed by atoms with E-state index in [1.54, 1.807) is 27.7 Å². The molecule has 2 rings (SSSR count). The van der Waals surface area contributed by atoms with Gasteiger partial charge in [-0.15, -0.1) is 0 Å². The summed E-state index contributed by atoms with van der Waals surface area (Å²) >= 11 is 0. The summed E-state index contributed by atoms with van der Waals surface area (Å²) in [6.45, 7) is 6.70. The largest absolute Gasteiger partial charge is 0.481 e. The highest BCUT2D eigenvalue weighted by Gasteiger charge is 2.31. The van der Waals surface area contributed by atoms with E-state index in [4.69, 9.17) is 15.2 Å². The van der Waals surface area contributed by atoms with Crippen molar-refractivity contribution in [1.29, 1.82) is 0 Å². The summed E-state index contributed by atoms with van der Waals surface area (Å²) in [7, 11) is 1.37. The van der Waals surface area contributed by atoms with Gasteiger partial charge in [0.15, 0.2) is 5.82 Å². The molecule has 0 spiro atoms. The number of halogens is 2. The molecule has 1 heterocycles. The molecule has 2 aromatic rings. The Morgan fingerprint density at radius 3 is 2.32 bits per heavy atom. The van der Waals surface area contributed by atoms with Gasteiger partial charge in [-0.05, 0) is 45.4 Å². The number of methoxy groups -OCH3 is 1. The third-order valence-corrected chi connectivity index (χ3v) is 4.02. The van der Waals surface area contributed by atoms with Crippen LogP contribution in [0.2, 0.25) is 0 Å². The van der Waals surface area contributed by atoms with Crippen molar-refractivity contribution < 1.29 is 27.8 Å². The zero-order valence-corrected chi connectivity index (χ0v) is 18.0. The summed E-state index contributed by atoms with van der Waals surface area (Å²) in [4.78, 5) is 30.8. The van der Waals surface area contributed by atoms with Gasteiger partial charge in [-0.2, -0.15) is 4.98 Å². The van der Waals surface area contributed by atoms with E-state index in [2.05, 4.69) is 10.3 Å². The number of amides is 2. The van der Waals surface area contributed by atoms with Crippen molar-refractivity contribution in [3.8, 4) is 5.88 Å². The lowest BCUT2D eigenvalue weighted by Crippen LogP contribution is -2.48. The fraction of sp³-hybridized carbons (Fsp3) is 0.381. The maximum absolute atomic E-state index is 13.9. The van der Waals surface area contributed by atoms with Gasteiger partial charge in [0.2, 0.25) is 5.88 Å². The van der Waals surface area contributed by atoms with Crippen LogP contribution in [0, 0.1) is 11.6 Å². The van der Waals surface area contributed by atoms with Crippen LogP contribution >= 0.6 is 0 Å². The number of alkyl carbamates (subject to hydrolysis) is 1. The summed E-state index contributed by atoms with van der Waals surface area (Å²) in [6, 6.07) is 4.42. The second-order valence-corrected chi connectivity index (χ2v) is 7.67. The molecule has 0 saturated carbocycles. The molecule has 1 aromatic carbocycles. The van der Waals surface area contributed by atoms with E-state index < -0.39 is 35.3 Å². The van der Waals surface area contributed by atoms with Gasteiger partial charge in [-0.3, -0.25) is 9.69 Å². The Bertz CT molecular complexity index is 943. The van der Waals surface area contributed by atoms with Crippen LogP contribution < -0.4 is 20.7 Å². The SMILES string of the molecule is CC[C@H](NC(=O)OC(C)(C)C)C(=O)N(c1cc(F)cc(F)c1)c1nc(OC)ccc1N. The second-order valence-electron chi connectivity index (χ2n) is 7.67. The highest BCUT2D eigenvalue weighted by Crippen LogP contribution is 2.32. The molecular formula is C21H26F2N4O4. The topological polar surface area (TPSA) is 107 Å². The lowest BCUT2D eigenvalue weighted by molar-refractivity contribution is -0.120. The lowest BCUT2D eigenvalue weighted by Gasteiger charge is -2.28. The van der Waals surface area contributed by atoms with Crippen LogP contribution in [0.1, 0.15) is 34.1 Å². The van der Waals surface area contributed by atoms with E-state index >= 15 is 0 Å². The number of anilines is 3. The van der Waals surface area contributed by atoms with Crippen LogP contribution in [0.15, 0.2) is 30.3 Å². The standard InChI is InChI=1S/C21H26F2N4O4/c1-6-16(25-20(29)31-21(2,3)4)19(28)27(14-10-12(22)9-13(23)11-14)18-15(24)7-8-17(26-18)30-5/h7-11,16H,6,24H2,1-5H3,(H,25,29)/t16-/m0/s1. The van der Waals surface area contributed by atoms with Crippen molar-refractivity contribution >= 4 is 29.2 Å². The van der Waals surface area contributed by atoms with E-state index in [0.717, 1.165) is 17.0 Å². The quantitative estimate of drug-likeness (QED) is 0.711. The summed E-state index contributed by atoms with van der Waals surface area (Å²) in [6.07, 6.45) is -0.652. The summed E-state index contributed by atoms with van der Waals surface area (Å²) in [5.41, 5.74) is 5.14. The first-order chi connectivity index (χ1) is 14.4.